The van der Waals surface area contributed by atoms with Gasteiger partial charge in [0.1, 0.15) is 16.6 Å². The fourth-order valence-corrected chi connectivity index (χ4v) is 6.65. The summed E-state index contributed by atoms with van der Waals surface area (Å²) < 4.78 is 46.7. The second kappa shape index (κ2) is 8.53. The van der Waals surface area contributed by atoms with E-state index in [1.807, 2.05) is 12.1 Å². The summed E-state index contributed by atoms with van der Waals surface area (Å²) in [5, 5.41) is -0.566. The molecule has 9 heteroatoms. The Bertz CT molecular complexity index is 1290. The molecule has 0 radical (unpaired) electrons. The van der Waals surface area contributed by atoms with Crippen LogP contribution < -0.4 is 0 Å². The first kappa shape index (κ1) is 22.0. The van der Waals surface area contributed by atoms with E-state index in [0.29, 0.717) is 25.9 Å². The van der Waals surface area contributed by atoms with E-state index in [9.17, 15) is 17.6 Å². The Hall–Kier alpha value is -2.78. The van der Waals surface area contributed by atoms with Crippen molar-refractivity contribution in [1.29, 1.82) is 0 Å². The lowest BCUT2D eigenvalue weighted by Gasteiger charge is -2.42. The largest absolute Gasteiger partial charge is 0.462 e. The molecule has 7 nitrogen and oxygen atoms in total. The zero-order valence-electron chi connectivity index (χ0n) is 18.4. The number of aromatic nitrogens is 1. The number of carbonyl (C=O) groups excluding carboxylic acids is 1. The van der Waals surface area contributed by atoms with E-state index in [1.165, 1.54) is 12.1 Å². The van der Waals surface area contributed by atoms with Crippen molar-refractivity contribution in [3.05, 3.63) is 65.3 Å². The number of furan rings is 1. The Labute approximate surface area is 192 Å². The highest BCUT2D eigenvalue weighted by molar-refractivity contribution is 7.89. The van der Waals surface area contributed by atoms with E-state index < -0.39 is 15.3 Å². The molecule has 2 aliphatic heterocycles. The summed E-state index contributed by atoms with van der Waals surface area (Å²) in [6, 6.07) is 8.06. The predicted molar refractivity (Wildman–Crippen MR) is 122 cm³/mol. The first-order chi connectivity index (χ1) is 15.8. The lowest BCUT2D eigenvalue weighted by molar-refractivity contribution is -0.133. The number of benzene rings is 1. The van der Waals surface area contributed by atoms with Crippen LogP contribution in [0.25, 0.3) is 11.1 Å². The summed E-state index contributed by atoms with van der Waals surface area (Å²) in [7, 11) is -3.46. The van der Waals surface area contributed by atoms with Crippen LogP contribution in [-0.4, -0.2) is 59.9 Å². The molecule has 2 aromatic heterocycles. The quantitative estimate of drug-likeness (QED) is 0.571. The number of fused-ring (bicyclic) bond motifs is 1. The van der Waals surface area contributed by atoms with Gasteiger partial charge in [-0.15, -0.1) is 0 Å². The topological polar surface area (TPSA) is 83.7 Å². The van der Waals surface area contributed by atoms with Gasteiger partial charge >= 0.3 is 0 Å². The molecule has 0 spiro atoms. The van der Waals surface area contributed by atoms with Crippen LogP contribution in [0, 0.1) is 12.7 Å². The molecule has 0 unspecified atom stereocenters. The molecule has 33 heavy (non-hydrogen) atoms. The minimum atomic E-state index is -3.46. The van der Waals surface area contributed by atoms with Gasteiger partial charge < -0.3 is 9.32 Å². The molecule has 4 heterocycles. The van der Waals surface area contributed by atoms with Gasteiger partial charge in [0.15, 0.2) is 5.58 Å². The molecule has 5 rings (SSSR count). The summed E-state index contributed by atoms with van der Waals surface area (Å²) in [5.41, 5.74) is 4.12. The number of hydrogen-bond donors (Lipinski definition) is 0. The smallest absolute Gasteiger partial charge is 0.227 e. The van der Waals surface area contributed by atoms with Gasteiger partial charge in [-0.25, -0.2) is 17.1 Å². The van der Waals surface area contributed by atoms with Crippen molar-refractivity contribution in [1.82, 2.24) is 14.2 Å². The van der Waals surface area contributed by atoms with E-state index in [4.69, 9.17) is 4.42 Å². The molecule has 0 N–H and O–H groups in total. The first-order valence-corrected chi connectivity index (χ1v) is 12.7. The van der Waals surface area contributed by atoms with Gasteiger partial charge in [-0.05, 0) is 61.1 Å². The van der Waals surface area contributed by atoms with Crippen molar-refractivity contribution in [3.63, 3.8) is 0 Å². The maximum atomic E-state index is 13.3. The third-order valence-electron chi connectivity index (χ3n) is 6.88. The Kier molecular flexibility index (Phi) is 5.70. The molecule has 2 fully saturated rings. The molecule has 0 atom stereocenters. The Morgan fingerprint density at radius 3 is 2.70 bits per heavy atom. The summed E-state index contributed by atoms with van der Waals surface area (Å²) in [6.07, 6.45) is 5.05. The summed E-state index contributed by atoms with van der Waals surface area (Å²) in [4.78, 5) is 18.6. The minimum Gasteiger partial charge on any atom is -0.462 e. The molecular formula is C24H26FN3O4S. The van der Waals surface area contributed by atoms with Crippen molar-refractivity contribution >= 4 is 27.0 Å². The van der Waals surface area contributed by atoms with Gasteiger partial charge in [-0.3, -0.25) is 9.78 Å². The third kappa shape index (κ3) is 4.15. The molecule has 2 aliphatic rings. The molecule has 174 valence electrons. The summed E-state index contributed by atoms with van der Waals surface area (Å²) in [6.45, 7) is 3.08. The summed E-state index contributed by atoms with van der Waals surface area (Å²) in [5.74, 6) is -0.250. The van der Waals surface area contributed by atoms with Crippen molar-refractivity contribution < 1.29 is 22.0 Å². The first-order valence-electron chi connectivity index (χ1n) is 11.2. The maximum Gasteiger partial charge on any atom is 0.227 e. The van der Waals surface area contributed by atoms with Crippen LogP contribution in [0.2, 0.25) is 0 Å². The number of sulfonamides is 1. The van der Waals surface area contributed by atoms with Crippen LogP contribution in [0.5, 0.6) is 0 Å². The standard InChI is InChI=1S/C24H26FN3O4S/c1-16-11-19(25)5-4-18(16)12-23(29)27-13-20(14-27)33(30,31)28-9-6-17(7-10-28)21-15-32-22-3-2-8-26-24(21)22/h2-5,8,11,15,17,20H,6-7,9-10,12-14H2,1H3. The monoisotopic (exact) mass is 471 g/mol. The SMILES string of the molecule is Cc1cc(F)ccc1CC(=O)N1CC(S(=O)(=O)N2CCC(c3coc4cccnc34)CC2)C1. The Morgan fingerprint density at radius 1 is 1.21 bits per heavy atom. The number of likely N-dealkylation sites (tertiary alicyclic amines) is 1. The third-order valence-corrected chi connectivity index (χ3v) is 9.10. The zero-order valence-corrected chi connectivity index (χ0v) is 19.2. The Balaban J connectivity index is 1.16. The van der Waals surface area contributed by atoms with Crippen LogP contribution in [0.4, 0.5) is 4.39 Å². The molecule has 1 aromatic carbocycles. The fraction of sp³-hybridized carbons (Fsp3) is 0.417. The van der Waals surface area contributed by atoms with Gasteiger partial charge in [0.05, 0.1) is 12.7 Å². The van der Waals surface area contributed by atoms with Crippen molar-refractivity contribution in [2.24, 2.45) is 0 Å². The predicted octanol–water partition coefficient (Wildman–Crippen LogP) is 3.24. The zero-order chi connectivity index (χ0) is 23.2. The van der Waals surface area contributed by atoms with Gasteiger partial charge in [0, 0.05) is 37.9 Å². The number of rotatable bonds is 5. The number of aryl methyl sites for hydroxylation is 1. The van der Waals surface area contributed by atoms with Crippen molar-refractivity contribution in [2.75, 3.05) is 26.2 Å². The van der Waals surface area contributed by atoms with Crippen LogP contribution in [-0.2, 0) is 21.2 Å². The van der Waals surface area contributed by atoms with Gasteiger partial charge in [-0.2, -0.15) is 0 Å². The van der Waals surface area contributed by atoms with E-state index in [-0.39, 0.29) is 37.2 Å². The highest BCUT2D eigenvalue weighted by atomic mass is 32.2. The highest BCUT2D eigenvalue weighted by Gasteiger charge is 2.43. The number of carbonyl (C=O) groups is 1. The second-order valence-electron chi connectivity index (χ2n) is 8.93. The average molecular weight is 472 g/mol. The van der Waals surface area contributed by atoms with Crippen molar-refractivity contribution in [3.8, 4) is 0 Å². The van der Waals surface area contributed by atoms with E-state index in [1.54, 1.807) is 34.7 Å². The van der Waals surface area contributed by atoms with E-state index in [0.717, 1.165) is 27.8 Å². The number of piperidine rings is 1. The van der Waals surface area contributed by atoms with E-state index in [2.05, 4.69) is 4.98 Å². The number of pyridine rings is 1. The normalized spacial score (nSPS) is 18.5. The fourth-order valence-electron chi connectivity index (χ4n) is 4.77. The molecule has 0 saturated carbocycles. The lowest BCUT2D eigenvalue weighted by atomic mass is 9.91. The maximum absolute atomic E-state index is 13.3. The molecule has 1 amide bonds. The number of amides is 1. The highest BCUT2D eigenvalue weighted by Crippen LogP contribution is 2.35. The van der Waals surface area contributed by atoms with Crippen molar-refractivity contribution in [2.45, 2.75) is 37.4 Å². The minimum absolute atomic E-state index is 0.130. The molecule has 3 aromatic rings. The second-order valence-corrected chi connectivity index (χ2v) is 11.1. The van der Waals surface area contributed by atoms with Crippen LogP contribution in [0.1, 0.15) is 35.4 Å². The van der Waals surface area contributed by atoms with Crippen LogP contribution in [0.3, 0.4) is 0 Å². The Morgan fingerprint density at radius 2 is 1.97 bits per heavy atom. The van der Waals surface area contributed by atoms with Crippen LogP contribution in [0.15, 0.2) is 47.2 Å². The molecule has 2 saturated heterocycles. The molecular weight excluding hydrogens is 445 g/mol. The van der Waals surface area contributed by atoms with Gasteiger partial charge in [0.25, 0.3) is 0 Å². The van der Waals surface area contributed by atoms with Gasteiger partial charge in [0.2, 0.25) is 15.9 Å². The van der Waals surface area contributed by atoms with E-state index >= 15 is 0 Å². The number of nitrogens with zero attached hydrogens (tertiary/aromatic N) is 3. The lowest BCUT2D eigenvalue weighted by Crippen LogP contribution is -2.60. The van der Waals surface area contributed by atoms with Gasteiger partial charge in [-0.1, -0.05) is 6.07 Å². The molecule has 0 bridgehead atoms. The van der Waals surface area contributed by atoms with Crippen LogP contribution >= 0.6 is 0 Å². The summed E-state index contributed by atoms with van der Waals surface area (Å²) >= 11 is 0. The number of halogens is 1. The average Bonchev–Trinajstić information content (AvgIpc) is 3.19. The number of hydrogen-bond acceptors (Lipinski definition) is 5. The molecule has 0 aliphatic carbocycles.